The second-order valence-corrected chi connectivity index (χ2v) is 3.38. The van der Waals surface area contributed by atoms with E-state index in [1.165, 1.54) is 7.05 Å². The monoisotopic (exact) mass is 260 g/mol. The number of hydrogen-bond donors (Lipinski definition) is 2. The number of esters is 1. The number of aromatic hydroxyl groups is 1. The maximum absolute atomic E-state index is 11.3. The fourth-order valence-corrected chi connectivity index (χ4v) is 1.60. The molecule has 0 atom stereocenters. The van der Waals surface area contributed by atoms with Crippen molar-refractivity contribution in [2.45, 2.75) is 0 Å². The fraction of sp³-hybridized carbons (Fsp3) is 0.222. The van der Waals surface area contributed by atoms with Gasteiger partial charge < -0.3 is 15.2 Å². The standard InChI is InChI=1S/C9H9ClN2O5/c1-11-6-5(10)3-4(9(14)17-2)8(13)7(6)12(15)16/h3,11,13H,1-2H3. The van der Waals surface area contributed by atoms with Crippen LogP contribution in [-0.2, 0) is 4.74 Å². The Kier molecular flexibility index (Phi) is 3.74. The van der Waals surface area contributed by atoms with Gasteiger partial charge >= 0.3 is 11.7 Å². The second-order valence-electron chi connectivity index (χ2n) is 2.98. The van der Waals surface area contributed by atoms with Crippen LogP contribution < -0.4 is 5.32 Å². The molecule has 7 nitrogen and oxygen atoms in total. The number of rotatable bonds is 3. The maximum atomic E-state index is 11.3. The van der Waals surface area contributed by atoms with Crippen LogP contribution in [0.1, 0.15) is 10.4 Å². The number of phenols is 1. The number of halogens is 1. The third kappa shape index (κ3) is 2.23. The minimum Gasteiger partial charge on any atom is -0.501 e. The predicted molar refractivity (Wildman–Crippen MR) is 60.7 cm³/mol. The normalized spacial score (nSPS) is 9.82. The Morgan fingerprint density at radius 1 is 1.65 bits per heavy atom. The number of nitro groups is 1. The van der Waals surface area contributed by atoms with Crippen molar-refractivity contribution in [3.8, 4) is 5.75 Å². The average molecular weight is 261 g/mol. The molecule has 1 aromatic rings. The highest BCUT2D eigenvalue weighted by molar-refractivity contribution is 6.34. The molecule has 0 bridgehead atoms. The van der Waals surface area contributed by atoms with Crippen LogP contribution in [0.2, 0.25) is 5.02 Å². The van der Waals surface area contributed by atoms with Crippen molar-refractivity contribution < 1.29 is 19.6 Å². The number of benzene rings is 1. The molecule has 8 heteroatoms. The summed E-state index contributed by atoms with van der Waals surface area (Å²) in [6, 6.07) is 1.10. The zero-order valence-electron chi connectivity index (χ0n) is 8.98. The summed E-state index contributed by atoms with van der Waals surface area (Å²) in [5, 5.41) is 22.9. The van der Waals surface area contributed by atoms with Gasteiger partial charge in [0.05, 0.1) is 17.1 Å². The number of ether oxygens (including phenoxy) is 1. The van der Waals surface area contributed by atoms with Crippen LogP contribution in [0, 0.1) is 10.1 Å². The third-order valence-corrected chi connectivity index (χ3v) is 2.36. The number of anilines is 1. The van der Waals surface area contributed by atoms with Gasteiger partial charge in [0.25, 0.3) is 0 Å². The molecular formula is C9H9ClN2O5. The molecule has 1 aromatic carbocycles. The van der Waals surface area contributed by atoms with Crippen molar-refractivity contribution in [3.63, 3.8) is 0 Å². The number of carbonyl (C=O) groups is 1. The molecule has 0 fully saturated rings. The molecule has 17 heavy (non-hydrogen) atoms. The lowest BCUT2D eigenvalue weighted by molar-refractivity contribution is -0.385. The molecule has 0 heterocycles. The Bertz CT molecular complexity index is 489. The van der Waals surface area contributed by atoms with Crippen LogP contribution in [0.4, 0.5) is 11.4 Å². The molecule has 0 saturated heterocycles. The van der Waals surface area contributed by atoms with Gasteiger partial charge in [0.1, 0.15) is 11.3 Å². The molecule has 0 unspecified atom stereocenters. The first-order valence-electron chi connectivity index (χ1n) is 4.40. The van der Waals surface area contributed by atoms with Crippen LogP contribution in [-0.4, -0.2) is 30.2 Å². The van der Waals surface area contributed by atoms with Gasteiger partial charge in [-0.15, -0.1) is 0 Å². The van der Waals surface area contributed by atoms with E-state index in [4.69, 9.17) is 11.6 Å². The minimum atomic E-state index is -0.907. The number of nitrogens with one attached hydrogen (secondary N) is 1. The Hall–Kier alpha value is -2.02. The topological polar surface area (TPSA) is 102 Å². The van der Waals surface area contributed by atoms with Gasteiger partial charge in [-0.1, -0.05) is 11.6 Å². The zero-order valence-corrected chi connectivity index (χ0v) is 9.74. The number of methoxy groups -OCH3 is 1. The summed E-state index contributed by atoms with van der Waals surface area (Å²) in [7, 11) is 2.50. The molecule has 0 radical (unpaired) electrons. The van der Waals surface area contributed by atoms with Crippen molar-refractivity contribution in [1.82, 2.24) is 0 Å². The highest BCUT2D eigenvalue weighted by atomic mass is 35.5. The molecule has 0 aliphatic rings. The first kappa shape index (κ1) is 13.0. The number of carbonyl (C=O) groups excluding carboxylic acids is 1. The van der Waals surface area contributed by atoms with E-state index in [2.05, 4.69) is 10.1 Å². The summed E-state index contributed by atoms with van der Waals surface area (Å²) in [5.74, 6) is -1.69. The fourth-order valence-electron chi connectivity index (χ4n) is 1.31. The summed E-state index contributed by atoms with van der Waals surface area (Å²) in [5.41, 5.74) is -1.09. The predicted octanol–water partition coefficient (Wildman–Crippen LogP) is 1.78. The molecule has 0 aliphatic heterocycles. The molecule has 2 N–H and O–H groups in total. The van der Waals surface area contributed by atoms with Crippen LogP contribution in [0.15, 0.2) is 6.07 Å². The van der Waals surface area contributed by atoms with E-state index in [0.29, 0.717) is 0 Å². The lowest BCUT2D eigenvalue weighted by Gasteiger charge is -2.09. The molecule has 0 amide bonds. The van der Waals surface area contributed by atoms with Gasteiger partial charge in [0.2, 0.25) is 5.75 Å². The highest BCUT2D eigenvalue weighted by Crippen LogP contribution is 2.42. The van der Waals surface area contributed by atoms with E-state index < -0.39 is 22.3 Å². The van der Waals surface area contributed by atoms with Gasteiger partial charge in [-0.25, -0.2) is 4.79 Å². The van der Waals surface area contributed by atoms with Crippen LogP contribution >= 0.6 is 11.6 Å². The highest BCUT2D eigenvalue weighted by Gasteiger charge is 2.28. The maximum Gasteiger partial charge on any atom is 0.341 e. The first-order chi connectivity index (χ1) is 7.93. The van der Waals surface area contributed by atoms with Gasteiger partial charge in [-0.3, -0.25) is 10.1 Å². The van der Waals surface area contributed by atoms with Crippen molar-refractivity contribution >= 4 is 28.9 Å². The number of hydrogen-bond acceptors (Lipinski definition) is 6. The summed E-state index contributed by atoms with van der Waals surface area (Å²) >= 11 is 5.77. The lowest BCUT2D eigenvalue weighted by atomic mass is 10.1. The van der Waals surface area contributed by atoms with E-state index in [9.17, 15) is 20.0 Å². The van der Waals surface area contributed by atoms with Crippen molar-refractivity contribution in [3.05, 3.63) is 26.8 Å². The number of nitrogens with zero attached hydrogens (tertiary/aromatic N) is 1. The Labute approximate surface area is 101 Å². The van der Waals surface area contributed by atoms with Crippen LogP contribution in [0.25, 0.3) is 0 Å². The van der Waals surface area contributed by atoms with Crippen LogP contribution in [0.3, 0.4) is 0 Å². The third-order valence-electron chi connectivity index (χ3n) is 2.06. The Balaban J connectivity index is 3.60. The van der Waals surface area contributed by atoms with Gasteiger partial charge in [0, 0.05) is 7.05 Å². The van der Waals surface area contributed by atoms with E-state index >= 15 is 0 Å². The second kappa shape index (κ2) is 4.88. The summed E-state index contributed by atoms with van der Waals surface area (Å²) in [6.07, 6.45) is 0. The molecule has 0 spiro atoms. The van der Waals surface area contributed by atoms with Gasteiger partial charge in [-0.05, 0) is 6.07 Å². The quantitative estimate of drug-likeness (QED) is 0.488. The molecular weight excluding hydrogens is 252 g/mol. The summed E-state index contributed by atoms with van der Waals surface area (Å²) < 4.78 is 4.38. The molecule has 0 aliphatic carbocycles. The Morgan fingerprint density at radius 3 is 2.65 bits per heavy atom. The first-order valence-corrected chi connectivity index (χ1v) is 4.77. The SMILES string of the molecule is CNc1c(Cl)cc(C(=O)OC)c(O)c1[N+](=O)[O-]. The lowest BCUT2D eigenvalue weighted by Crippen LogP contribution is -2.06. The van der Waals surface area contributed by atoms with E-state index in [0.717, 1.165) is 13.2 Å². The van der Waals surface area contributed by atoms with Crippen molar-refractivity contribution in [1.29, 1.82) is 0 Å². The van der Waals surface area contributed by atoms with Crippen molar-refractivity contribution in [2.24, 2.45) is 0 Å². The van der Waals surface area contributed by atoms with Gasteiger partial charge in [0.15, 0.2) is 0 Å². The van der Waals surface area contributed by atoms with E-state index in [1.807, 2.05) is 0 Å². The van der Waals surface area contributed by atoms with E-state index in [-0.39, 0.29) is 16.3 Å². The van der Waals surface area contributed by atoms with Gasteiger partial charge in [-0.2, -0.15) is 0 Å². The summed E-state index contributed by atoms with van der Waals surface area (Å²) in [6.45, 7) is 0. The zero-order chi connectivity index (χ0) is 13.2. The summed E-state index contributed by atoms with van der Waals surface area (Å²) in [4.78, 5) is 21.3. The molecule has 92 valence electrons. The molecule has 0 saturated carbocycles. The largest absolute Gasteiger partial charge is 0.501 e. The number of nitro benzene ring substituents is 1. The Morgan fingerprint density at radius 2 is 2.24 bits per heavy atom. The number of phenolic OH excluding ortho intramolecular Hbond substituents is 1. The molecule has 1 rings (SSSR count). The average Bonchev–Trinajstić information content (AvgIpc) is 2.29. The molecule has 0 aromatic heterocycles. The van der Waals surface area contributed by atoms with Crippen molar-refractivity contribution in [2.75, 3.05) is 19.5 Å². The minimum absolute atomic E-state index is 0.0580. The smallest absolute Gasteiger partial charge is 0.341 e. The van der Waals surface area contributed by atoms with Crippen LogP contribution in [0.5, 0.6) is 5.75 Å². The van der Waals surface area contributed by atoms with E-state index in [1.54, 1.807) is 0 Å².